The molecule has 126 valence electrons. The van der Waals surface area contributed by atoms with E-state index in [0.29, 0.717) is 18.7 Å². The van der Waals surface area contributed by atoms with Crippen molar-refractivity contribution in [2.75, 3.05) is 31.8 Å². The van der Waals surface area contributed by atoms with Crippen LogP contribution in [0.4, 0.5) is 5.69 Å². The lowest BCUT2D eigenvalue weighted by atomic mass is 10.0. The summed E-state index contributed by atoms with van der Waals surface area (Å²) in [5, 5.41) is 4.54. The van der Waals surface area contributed by atoms with E-state index in [1.165, 1.54) is 0 Å². The zero-order chi connectivity index (χ0) is 16.7. The average molecular weight is 327 g/mol. The van der Waals surface area contributed by atoms with Crippen molar-refractivity contribution in [2.45, 2.75) is 18.8 Å². The molecule has 1 amide bonds. The first kappa shape index (κ1) is 15.2. The maximum Gasteiger partial charge on any atom is 0.261 e. The van der Waals surface area contributed by atoms with Crippen LogP contribution < -0.4 is 9.64 Å². The maximum absolute atomic E-state index is 13.2. The first-order chi connectivity index (χ1) is 11.7. The Hall–Kier alpha value is -2.34. The maximum atomic E-state index is 13.2. The minimum atomic E-state index is 0.0221. The summed E-state index contributed by atoms with van der Waals surface area (Å²) in [4.78, 5) is 15.0. The van der Waals surface area contributed by atoms with Crippen LogP contribution in [0.5, 0.6) is 5.75 Å². The van der Waals surface area contributed by atoms with Crippen molar-refractivity contribution < 1.29 is 14.3 Å². The van der Waals surface area contributed by atoms with E-state index in [9.17, 15) is 4.79 Å². The molecule has 1 atom stereocenters. The Labute approximate surface area is 141 Å². The Kier molecular flexibility index (Phi) is 3.76. The molecule has 0 aliphatic carbocycles. The van der Waals surface area contributed by atoms with E-state index in [1.54, 1.807) is 11.8 Å². The Morgan fingerprint density at radius 3 is 3.04 bits per heavy atom. The van der Waals surface area contributed by atoms with Crippen LogP contribution >= 0.6 is 0 Å². The molecule has 1 fully saturated rings. The van der Waals surface area contributed by atoms with Gasteiger partial charge in [0, 0.05) is 38.0 Å². The van der Waals surface area contributed by atoms with Gasteiger partial charge in [-0.2, -0.15) is 5.10 Å². The second kappa shape index (κ2) is 5.94. The number of aromatic nitrogens is 2. The quantitative estimate of drug-likeness (QED) is 0.867. The van der Waals surface area contributed by atoms with Gasteiger partial charge in [-0.3, -0.25) is 9.48 Å². The van der Waals surface area contributed by atoms with Crippen molar-refractivity contribution in [3.63, 3.8) is 0 Å². The van der Waals surface area contributed by atoms with Gasteiger partial charge in [-0.05, 0) is 36.6 Å². The van der Waals surface area contributed by atoms with Gasteiger partial charge >= 0.3 is 0 Å². The topological polar surface area (TPSA) is 56.6 Å². The predicted octanol–water partition coefficient (Wildman–Crippen LogP) is 2.14. The molecular weight excluding hydrogens is 306 g/mol. The summed E-state index contributed by atoms with van der Waals surface area (Å²) in [6.45, 7) is 2.07. The van der Waals surface area contributed by atoms with E-state index < -0.39 is 0 Å². The Bertz CT molecular complexity index is 778. The lowest BCUT2D eigenvalue weighted by Gasteiger charge is -2.18. The van der Waals surface area contributed by atoms with Gasteiger partial charge in [0.05, 0.1) is 25.0 Å². The summed E-state index contributed by atoms with van der Waals surface area (Å²) in [6, 6.07) is 5.88. The molecule has 2 aliphatic heterocycles. The first-order valence-corrected chi connectivity index (χ1v) is 8.27. The summed E-state index contributed by atoms with van der Waals surface area (Å²) in [6.07, 6.45) is 3.60. The van der Waals surface area contributed by atoms with Crippen molar-refractivity contribution in [1.29, 1.82) is 0 Å². The molecule has 2 aromatic rings. The van der Waals surface area contributed by atoms with Gasteiger partial charge in [0.15, 0.2) is 0 Å². The smallest absolute Gasteiger partial charge is 0.261 e. The third-order valence-electron chi connectivity index (χ3n) is 4.83. The molecule has 4 rings (SSSR count). The van der Waals surface area contributed by atoms with Crippen LogP contribution in [0, 0.1) is 0 Å². The van der Waals surface area contributed by atoms with E-state index in [-0.39, 0.29) is 11.8 Å². The number of hydrogen-bond acceptors (Lipinski definition) is 4. The molecule has 1 aromatic heterocycles. The van der Waals surface area contributed by atoms with Crippen molar-refractivity contribution in [3.8, 4) is 5.75 Å². The number of methoxy groups -OCH3 is 1. The van der Waals surface area contributed by atoms with Crippen LogP contribution in [-0.2, 0) is 18.2 Å². The summed E-state index contributed by atoms with van der Waals surface area (Å²) >= 11 is 0. The molecule has 1 aromatic carbocycles. The fourth-order valence-corrected chi connectivity index (χ4v) is 3.58. The number of hydrogen-bond donors (Lipinski definition) is 0. The van der Waals surface area contributed by atoms with Gasteiger partial charge in [0.2, 0.25) is 0 Å². The zero-order valence-corrected chi connectivity index (χ0v) is 14.0. The van der Waals surface area contributed by atoms with E-state index in [2.05, 4.69) is 5.10 Å². The fraction of sp³-hybridized carbons (Fsp3) is 0.444. The normalized spacial score (nSPS) is 19.6. The fourth-order valence-electron chi connectivity index (χ4n) is 3.58. The molecular formula is C18H21N3O3. The molecule has 0 saturated carbocycles. The third kappa shape index (κ3) is 2.47. The molecule has 0 bridgehead atoms. The van der Waals surface area contributed by atoms with Crippen LogP contribution in [0.3, 0.4) is 0 Å². The summed E-state index contributed by atoms with van der Waals surface area (Å²) < 4.78 is 12.5. The van der Waals surface area contributed by atoms with Crippen LogP contribution in [-0.4, -0.2) is 42.6 Å². The van der Waals surface area contributed by atoms with Gasteiger partial charge in [-0.1, -0.05) is 0 Å². The number of benzene rings is 1. The molecule has 3 heterocycles. The lowest BCUT2D eigenvalue weighted by molar-refractivity contribution is 0.0988. The standard InChI is InChI=1S/C18H21N3O3/c1-20-10-15(17(19-20)13-6-8-24-11-13)18(22)21-7-5-12-9-14(23-2)3-4-16(12)21/h3-4,9-10,13H,5-8,11H2,1-2H3. The molecule has 6 nitrogen and oxygen atoms in total. The highest BCUT2D eigenvalue weighted by molar-refractivity contribution is 6.08. The minimum absolute atomic E-state index is 0.0221. The van der Waals surface area contributed by atoms with Crippen molar-refractivity contribution in [3.05, 3.63) is 41.2 Å². The number of fused-ring (bicyclic) bond motifs is 1. The predicted molar refractivity (Wildman–Crippen MR) is 89.8 cm³/mol. The number of rotatable bonds is 3. The Morgan fingerprint density at radius 1 is 1.42 bits per heavy atom. The van der Waals surface area contributed by atoms with Crippen LogP contribution in [0.2, 0.25) is 0 Å². The van der Waals surface area contributed by atoms with E-state index in [1.807, 2.05) is 36.3 Å². The largest absolute Gasteiger partial charge is 0.497 e. The number of anilines is 1. The molecule has 24 heavy (non-hydrogen) atoms. The highest BCUT2D eigenvalue weighted by Crippen LogP contribution is 2.34. The van der Waals surface area contributed by atoms with Gasteiger partial charge in [-0.25, -0.2) is 0 Å². The summed E-state index contributed by atoms with van der Waals surface area (Å²) in [5.74, 6) is 1.06. The van der Waals surface area contributed by atoms with Crippen molar-refractivity contribution in [2.24, 2.45) is 7.05 Å². The van der Waals surface area contributed by atoms with Gasteiger partial charge < -0.3 is 14.4 Å². The zero-order valence-electron chi connectivity index (χ0n) is 14.0. The highest BCUT2D eigenvalue weighted by atomic mass is 16.5. The molecule has 0 N–H and O–H groups in total. The average Bonchev–Trinajstić information content (AvgIpc) is 3.32. The van der Waals surface area contributed by atoms with Crippen molar-refractivity contribution in [1.82, 2.24) is 9.78 Å². The second-order valence-corrected chi connectivity index (χ2v) is 6.36. The lowest BCUT2D eigenvalue weighted by Crippen LogP contribution is -2.29. The number of nitrogens with zero attached hydrogens (tertiary/aromatic N) is 3. The second-order valence-electron chi connectivity index (χ2n) is 6.36. The Morgan fingerprint density at radius 2 is 2.29 bits per heavy atom. The number of ether oxygens (including phenoxy) is 2. The van der Waals surface area contributed by atoms with E-state index in [4.69, 9.17) is 9.47 Å². The van der Waals surface area contributed by atoms with E-state index >= 15 is 0 Å². The molecule has 1 unspecified atom stereocenters. The molecule has 6 heteroatoms. The Balaban J connectivity index is 1.66. The molecule has 0 radical (unpaired) electrons. The van der Waals surface area contributed by atoms with Crippen LogP contribution in [0.25, 0.3) is 0 Å². The number of amides is 1. The van der Waals surface area contributed by atoms with Gasteiger partial charge in [0.25, 0.3) is 5.91 Å². The van der Waals surface area contributed by atoms with Crippen LogP contribution in [0.15, 0.2) is 24.4 Å². The molecule has 1 saturated heterocycles. The third-order valence-corrected chi connectivity index (χ3v) is 4.83. The SMILES string of the molecule is COc1ccc2c(c1)CCN2C(=O)c1cn(C)nc1C1CCOC1. The monoisotopic (exact) mass is 327 g/mol. The number of carbonyl (C=O) groups is 1. The van der Waals surface area contributed by atoms with Gasteiger partial charge in [0.1, 0.15) is 5.75 Å². The first-order valence-electron chi connectivity index (χ1n) is 8.27. The highest BCUT2D eigenvalue weighted by Gasteiger charge is 2.32. The van der Waals surface area contributed by atoms with E-state index in [0.717, 1.165) is 42.1 Å². The summed E-state index contributed by atoms with van der Waals surface area (Å²) in [7, 11) is 3.52. The van der Waals surface area contributed by atoms with Gasteiger partial charge in [-0.15, -0.1) is 0 Å². The molecule has 0 spiro atoms. The molecule has 2 aliphatic rings. The minimum Gasteiger partial charge on any atom is -0.497 e. The van der Waals surface area contributed by atoms with Crippen LogP contribution in [0.1, 0.15) is 34.0 Å². The summed E-state index contributed by atoms with van der Waals surface area (Å²) in [5.41, 5.74) is 3.68. The number of carbonyl (C=O) groups excluding carboxylic acids is 1. The number of aryl methyl sites for hydroxylation is 1. The van der Waals surface area contributed by atoms with Crippen molar-refractivity contribution >= 4 is 11.6 Å².